The van der Waals surface area contributed by atoms with Gasteiger partial charge in [0.1, 0.15) is 11.3 Å². The van der Waals surface area contributed by atoms with Gasteiger partial charge in [-0.15, -0.1) is 0 Å². The molecule has 3 aromatic rings. The first-order chi connectivity index (χ1) is 13.1. The molecule has 0 saturated carbocycles. The van der Waals surface area contributed by atoms with Crippen molar-refractivity contribution in [3.05, 3.63) is 75.6 Å². The minimum Gasteiger partial charge on any atom is -0.508 e. The first kappa shape index (κ1) is 17.8. The highest BCUT2D eigenvalue weighted by Crippen LogP contribution is 2.27. The number of hydrogen-bond acceptors (Lipinski definition) is 5. The van der Waals surface area contributed by atoms with E-state index in [-0.39, 0.29) is 11.4 Å². The summed E-state index contributed by atoms with van der Waals surface area (Å²) in [5.74, 6) is 0.227. The van der Waals surface area contributed by atoms with Crippen molar-refractivity contribution < 1.29 is 9.52 Å². The van der Waals surface area contributed by atoms with E-state index in [1.165, 1.54) is 5.56 Å². The van der Waals surface area contributed by atoms with Crippen molar-refractivity contribution in [2.24, 2.45) is 0 Å². The van der Waals surface area contributed by atoms with E-state index >= 15 is 0 Å². The molecular formula is C22H24N2O3. The Morgan fingerprint density at radius 1 is 0.963 bits per heavy atom. The lowest BCUT2D eigenvalue weighted by molar-refractivity contribution is 0.122. The monoisotopic (exact) mass is 364 g/mol. The molecule has 2 aromatic carbocycles. The van der Waals surface area contributed by atoms with E-state index in [4.69, 9.17) is 4.42 Å². The van der Waals surface area contributed by atoms with Gasteiger partial charge in [0.15, 0.2) is 0 Å². The Morgan fingerprint density at radius 2 is 1.63 bits per heavy atom. The largest absolute Gasteiger partial charge is 0.508 e. The molecule has 4 rings (SSSR count). The topological polar surface area (TPSA) is 56.9 Å². The van der Waals surface area contributed by atoms with Crippen LogP contribution in [0.5, 0.6) is 5.75 Å². The Labute approximate surface area is 158 Å². The van der Waals surface area contributed by atoms with Crippen molar-refractivity contribution in [2.75, 3.05) is 26.2 Å². The Balaban J connectivity index is 1.46. The lowest BCUT2D eigenvalue weighted by atomic mass is 10.1. The maximum Gasteiger partial charge on any atom is 0.336 e. The lowest BCUT2D eigenvalue weighted by Gasteiger charge is -2.34. The number of hydrogen-bond donors (Lipinski definition) is 1. The zero-order chi connectivity index (χ0) is 18.8. The maximum atomic E-state index is 11.9. The molecule has 5 heteroatoms. The molecule has 0 spiro atoms. The van der Waals surface area contributed by atoms with Gasteiger partial charge in [-0.05, 0) is 35.7 Å². The van der Waals surface area contributed by atoms with Crippen molar-refractivity contribution >= 4 is 11.0 Å². The molecule has 27 heavy (non-hydrogen) atoms. The fourth-order valence-electron chi connectivity index (χ4n) is 3.68. The van der Waals surface area contributed by atoms with Crippen LogP contribution in [-0.2, 0) is 13.1 Å². The minimum absolute atomic E-state index is 0.227. The molecule has 2 heterocycles. The van der Waals surface area contributed by atoms with Crippen LogP contribution in [0, 0.1) is 6.92 Å². The van der Waals surface area contributed by atoms with Crippen molar-refractivity contribution in [1.82, 2.24) is 9.80 Å². The van der Waals surface area contributed by atoms with Crippen molar-refractivity contribution in [3.8, 4) is 5.75 Å². The van der Waals surface area contributed by atoms with E-state index in [0.717, 1.165) is 43.7 Å². The highest BCUT2D eigenvalue weighted by Gasteiger charge is 2.19. The van der Waals surface area contributed by atoms with Crippen LogP contribution in [0.4, 0.5) is 0 Å². The Hall–Kier alpha value is -2.63. The molecule has 0 radical (unpaired) electrons. The zero-order valence-corrected chi connectivity index (χ0v) is 15.5. The van der Waals surface area contributed by atoms with Gasteiger partial charge in [0.05, 0.1) is 0 Å². The summed E-state index contributed by atoms with van der Waals surface area (Å²) in [7, 11) is 0. The number of aryl methyl sites for hydroxylation is 1. The fourth-order valence-corrected chi connectivity index (χ4v) is 3.68. The smallest absolute Gasteiger partial charge is 0.336 e. The van der Waals surface area contributed by atoms with Gasteiger partial charge in [-0.2, -0.15) is 0 Å². The van der Waals surface area contributed by atoms with E-state index in [0.29, 0.717) is 17.7 Å². The molecule has 5 nitrogen and oxygen atoms in total. The predicted octanol–water partition coefficient (Wildman–Crippen LogP) is 3.12. The van der Waals surface area contributed by atoms with Crippen LogP contribution in [0.15, 0.2) is 57.7 Å². The number of fused-ring (bicyclic) bond motifs is 1. The van der Waals surface area contributed by atoms with Crippen molar-refractivity contribution in [1.29, 1.82) is 0 Å². The summed E-state index contributed by atoms with van der Waals surface area (Å²) in [4.78, 5) is 16.8. The molecule has 0 aliphatic carbocycles. The molecule has 0 atom stereocenters. The molecule has 0 unspecified atom stereocenters. The molecule has 0 amide bonds. The minimum atomic E-state index is -0.342. The van der Waals surface area contributed by atoms with Gasteiger partial charge in [-0.1, -0.05) is 30.3 Å². The SMILES string of the molecule is Cc1cc2oc(=O)cc(CN3CCN(Cc4ccccc4)CC3)c2cc1O. The zero-order valence-electron chi connectivity index (χ0n) is 15.5. The van der Waals surface area contributed by atoms with Gasteiger partial charge in [-0.25, -0.2) is 4.79 Å². The summed E-state index contributed by atoms with van der Waals surface area (Å²) in [6.45, 7) is 7.35. The summed E-state index contributed by atoms with van der Waals surface area (Å²) < 4.78 is 5.32. The van der Waals surface area contributed by atoms with E-state index in [2.05, 4.69) is 34.1 Å². The quantitative estimate of drug-likeness (QED) is 0.721. The number of aromatic hydroxyl groups is 1. The van der Waals surface area contributed by atoms with Crippen molar-refractivity contribution in [2.45, 2.75) is 20.0 Å². The molecule has 1 saturated heterocycles. The Kier molecular flexibility index (Phi) is 4.97. The molecule has 0 bridgehead atoms. The van der Waals surface area contributed by atoms with Gasteiger partial charge >= 0.3 is 5.63 Å². The Morgan fingerprint density at radius 3 is 2.33 bits per heavy atom. The average molecular weight is 364 g/mol. The first-order valence-corrected chi connectivity index (χ1v) is 9.33. The highest BCUT2D eigenvalue weighted by molar-refractivity contribution is 5.82. The molecule has 1 N–H and O–H groups in total. The average Bonchev–Trinajstić information content (AvgIpc) is 2.66. The second kappa shape index (κ2) is 7.55. The van der Waals surface area contributed by atoms with Crippen LogP contribution in [0.2, 0.25) is 0 Å². The molecule has 1 aromatic heterocycles. The maximum absolute atomic E-state index is 11.9. The van der Waals surface area contributed by atoms with E-state index in [9.17, 15) is 9.90 Å². The van der Waals surface area contributed by atoms with Crippen LogP contribution >= 0.6 is 0 Å². The summed E-state index contributed by atoms with van der Waals surface area (Å²) in [5.41, 5.74) is 3.15. The summed E-state index contributed by atoms with van der Waals surface area (Å²) in [6.07, 6.45) is 0. The number of rotatable bonds is 4. The van der Waals surface area contributed by atoms with Gasteiger partial charge in [-0.3, -0.25) is 9.80 Å². The standard InChI is InChI=1S/C22H24N2O3/c1-16-11-21-19(13-20(16)25)18(12-22(26)27-21)15-24-9-7-23(8-10-24)14-17-5-3-2-4-6-17/h2-6,11-13,25H,7-10,14-15H2,1H3. The van der Waals surface area contributed by atoms with Crippen LogP contribution in [0.3, 0.4) is 0 Å². The molecule has 140 valence electrons. The van der Waals surface area contributed by atoms with Crippen LogP contribution in [0.25, 0.3) is 11.0 Å². The van der Waals surface area contributed by atoms with Crippen LogP contribution in [-0.4, -0.2) is 41.1 Å². The number of piperazine rings is 1. The predicted molar refractivity (Wildman–Crippen MR) is 106 cm³/mol. The highest BCUT2D eigenvalue weighted by atomic mass is 16.4. The number of phenolic OH excluding ortho intramolecular Hbond substituents is 1. The van der Waals surface area contributed by atoms with Crippen LogP contribution in [0.1, 0.15) is 16.7 Å². The number of phenols is 1. The summed E-state index contributed by atoms with van der Waals surface area (Å²) in [5, 5.41) is 10.9. The first-order valence-electron chi connectivity index (χ1n) is 9.33. The molecule has 1 fully saturated rings. The van der Waals surface area contributed by atoms with Crippen molar-refractivity contribution in [3.63, 3.8) is 0 Å². The molecule has 1 aliphatic heterocycles. The normalized spacial score (nSPS) is 16.0. The third-order valence-corrected chi connectivity index (χ3v) is 5.25. The number of nitrogens with zero attached hydrogens (tertiary/aromatic N) is 2. The third kappa shape index (κ3) is 4.04. The van der Waals surface area contributed by atoms with Gasteiger partial charge in [0.25, 0.3) is 0 Å². The second-order valence-electron chi connectivity index (χ2n) is 7.26. The Bertz CT molecular complexity index is 990. The van der Waals surface area contributed by atoms with Gasteiger partial charge in [0.2, 0.25) is 0 Å². The lowest BCUT2D eigenvalue weighted by Crippen LogP contribution is -2.45. The molecular weight excluding hydrogens is 340 g/mol. The summed E-state index contributed by atoms with van der Waals surface area (Å²) in [6, 6.07) is 15.5. The van der Waals surface area contributed by atoms with E-state index < -0.39 is 0 Å². The van der Waals surface area contributed by atoms with Crippen LogP contribution < -0.4 is 5.63 Å². The summed E-state index contributed by atoms with van der Waals surface area (Å²) >= 11 is 0. The third-order valence-electron chi connectivity index (χ3n) is 5.25. The van der Waals surface area contributed by atoms with E-state index in [1.54, 1.807) is 25.1 Å². The number of benzene rings is 2. The molecule has 1 aliphatic rings. The fraction of sp³-hybridized carbons (Fsp3) is 0.318. The van der Waals surface area contributed by atoms with E-state index in [1.807, 2.05) is 6.07 Å². The second-order valence-corrected chi connectivity index (χ2v) is 7.26. The van der Waals surface area contributed by atoms with Gasteiger partial charge in [0, 0.05) is 50.7 Å². The van der Waals surface area contributed by atoms with Gasteiger partial charge < -0.3 is 9.52 Å².